The fourth-order valence-electron chi connectivity index (χ4n) is 2.91. The van der Waals surface area contributed by atoms with Crippen molar-refractivity contribution in [2.45, 2.75) is 33.6 Å². The third-order valence-corrected chi connectivity index (χ3v) is 4.40. The molecule has 1 N–H and O–H groups in total. The Morgan fingerprint density at radius 1 is 1.24 bits per heavy atom. The Labute approximate surface area is 129 Å². The van der Waals surface area contributed by atoms with Gasteiger partial charge in [-0.25, -0.2) is 0 Å². The highest BCUT2D eigenvalue weighted by Gasteiger charge is 2.18. The molecule has 0 atom stereocenters. The van der Waals surface area contributed by atoms with Crippen LogP contribution < -0.4 is 10.1 Å². The lowest BCUT2D eigenvalue weighted by atomic mass is 9.97. The first-order valence-electron chi connectivity index (χ1n) is 8.32. The van der Waals surface area contributed by atoms with E-state index >= 15 is 0 Å². The van der Waals surface area contributed by atoms with E-state index in [0.717, 1.165) is 31.4 Å². The number of likely N-dealkylation sites (tertiary alicyclic amines) is 1. The van der Waals surface area contributed by atoms with Crippen molar-refractivity contribution in [3.8, 4) is 5.75 Å². The van der Waals surface area contributed by atoms with Gasteiger partial charge in [0.25, 0.3) is 0 Å². The van der Waals surface area contributed by atoms with Crippen LogP contribution in [-0.2, 0) is 0 Å². The van der Waals surface area contributed by atoms with Crippen molar-refractivity contribution in [3.05, 3.63) is 29.3 Å². The molecule has 1 saturated heterocycles. The molecule has 3 nitrogen and oxygen atoms in total. The number of hydrogen-bond donors (Lipinski definition) is 1. The molecule has 1 fully saturated rings. The van der Waals surface area contributed by atoms with Crippen molar-refractivity contribution in [2.75, 3.05) is 39.3 Å². The molecule has 0 radical (unpaired) electrons. The van der Waals surface area contributed by atoms with Crippen LogP contribution in [0.1, 0.15) is 30.9 Å². The van der Waals surface area contributed by atoms with Gasteiger partial charge in [0.2, 0.25) is 0 Å². The summed E-state index contributed by atoms with van der Waals surface area (Å²) in [6.45, 7) is 12.9. The average molecular weight is 290 g/mol. The Bertz CT molecular complexity index is 425. The molecule has 1 aliphatic rings. The van der Waals surface area contributed by atoms with Gasteiger partial charge in [-0.15, -0.1) is 0 Å². The molecule has 118 valence electrons. The highest BCUT2D eigenvalue weighted by atomic mass is 16.5. The Morgan fingerprint density at radius 2 is 2.00 bits per heavy atom. The maximum atomic E-state index is 5.96. The molecule has 0 unspecified atom stereocenters. The van der Waals surface area contributed by atoms with E-state index in [9.17, 15) is 0 Å². The molecule has 1 aromatic rings. The van der Waals surface area contributed by atoms with Crippen molar-refractivity contribution in [1.29, 1.82) is 0 Å². The van der Waals surface area contributed by atoms with E-state index < -0.39 is 0 Å². The number of ether oxygens (including phenoxy) is 1. The van der Waals surface area contributed by atoms with E-state index in [1.54, 1.807) is 0 Å². The smallest absolute Gasteiger partial charge is 0.122 e. The third kappa shape index (κ3) is 5.33. The fraction of sp³-hybridized carbons (Fsp3) is 0.667. The van der Waals surface area contributed by atoms with Crippen LogP contribution >= 0.6 is 0 Å². The van der Waals surface area contributed by atoms with Crippen LogP contribution in [0.25, 0.3) is 0 Å². The first-order valence-corrected chi connectivity index (χ1v) is 8.32. The molecule has 1 aliphatic heterocycles. The molecule has 1 heterocycles. The topological polar surface area (TPSA) is 24.5 Å². The van der Waals surface area contributed by atoms with Gasteiger partial charge in [-0.2, -0.15) is 0 Å². The lowest BCUT2D eigenvalue weighted by molar-refractivity contribution is 0.154. The number of nitrogens with one attached hydrogen (secondary N) is 1. The van der Waals surface area contributed by atoms with Crippen LogP contribution in [0.3, 0.4) is 0 Å². The van der Waals surface area contributed by atoms with Crippen molar-refractivity contribution >= 4 is 0 Å². The van der Waals surface area contributed by atoms with Gasteiger partial charge < -0.3 is 10.1 Å². The van der Waals surface area contributed by atoms with E-state index in [1.165, 1.54) is 43.6 Å². The second-order valence-corrected chi connectivity index (χ2v) is 6.21. The first-order chi connectivity index (χ1) is 10.2. The molecule has 0 spiro atoms. The number of benzene rings is 1. The Hall–Kier alpha value is -1.06. The summed E-state index contributed by atoms with van der Waals surface area (Å²) < 4.78 is 5.96. The van der Waals surface area contributed by atoms with E-state index in [2.05, 4.69) is 49.2 Å². The summed E-state index contributed by atoms with van der Waals surface area (Å²) in [7, 11) is 0. The predicted molar refractivity (Wildman–Crippen MR) is 89.1 cm³/mol. The molecule has 0 aromatic heterocycles. The highest BCUT2D eigenvalue weighted by Crippen LogP contribution is 2.20. The van der Waals surface area contributed by atoms with Gasteiger partial charge in [0.1, 0.15) is 12.4 Å². The van der Waals surface area contributed by atoms with E-state index in [4.69, 9.17) is 4.74 Å². The second-order valence-electron chi connectivity index (χ2n) is 6.21. The van der Waals surface area contributed by atoms with Crippen LogP contribution in [0, 0.1) is 19.8 Å². The zero-order valence-corrected chi connectivity index (χ0v) is 13.8. The van der Waals surface area contributed by atoms with Crippen LogP contribution in [0.5, 0.6) is 5.75 Å². The maximum absolute atomic E-state index is 5.96. The molecular weight excluding hydrogens is 260 g/mol. The molecule has 21 heavy (non-hydrogen) atoms. The normalized spacial score (nSPS) is 17.1. The summed E-state index contributed by atoms with van der Waals surface area (Å²) in [5.41, 5.74) is 2.49. The van der Waals surface area contributed by atoms with E-state index in [1.807, 2.05) is 0 Å². The maximum Gasteiger partial charge on any atom is 0.122 e. The van der Waals surface area contributed by atoms with Crippen molar-refractivity contribution in [1.82, 2.24) is 10.2 Å². The van der Waals surface area contributed by atoms with Crippen LogP contribution in [-0.4, -0.2) is 44.2 Å². The number of aryl methyl sites for hydroxylation is 2. The van der Waals surface area contributed by atoms with E-state index in [0.29, 0.717) is 0 Å². The summed E-state index contributed by atoms with van der Waals surface area (Å²) in [4.78, 5) is 2.54. The summed E-state index contributed by atoms with van der Waals surface area (Å²) in [5.74, 6) is 1.90. The van der Waals surface area contributed by atoms with Gasteiger partial charge in [0.05, 0.1) is 0 Å². The Balaban J connectivity index is 1.67. The highest BCUT2D eigenvalue weighted by molar-refractivity contribution is 5.35. The summed E-state index contributed by atoms with van der Waals surface area (Å²) in [6, 6.07) is 6.41. The lowest BCUT2D eigenvalue weighted by Gasteiger charge is -2.31. The van der Waals surface area contributed by atoms with Crippen molar-refractivity contribution < 1.29 is 4.74 Å². The van der Waals surface area contributed by atoms with Crippen molar-refractivity contribution in [3.63, 3.8) is 0 Å². The third-order valence-electron chi connectivity index (χ3n) is 4.40. The predicted octanol–water partition coefficient (Wildman–Crippen LogP) is 3.00. The van der Waals surface area contributed by atoms with Gasteiger partial charge in [-0.3, -0.25) is 4.90 Å². The zero-order chi connectivity index (χ0) is 15.1. The largest absolute Gasteiger partial charge is 0.492 e. The average Bonchev–Trinajstić information content (AvgIpc) is 2.50. The Kier molecular flexibility index (Phi) is 6.52. The first kappa shape index (κ1) is 16.3. The minimum Gasteiger partial charge on any atom is -0.492 e. The molecular formula is C18H30N2O. The number of nitrogens with zero attached hydrogens (tertiary/aromatic N) is 1. The molecule has 2 rings (SSSR count). The van der Waals surface area contributed by atoms with Gasteiger partial charge >= 0.3 is 0 Å². The summed E-state index contributed by atoms with van der Waals surface area (Å²) >= 11 is 0. The minimum absolute atomic E-state index is 0.794. The van der Waals surface area contributed by atoms with Gasteiger partial charge in [0, 0.05) is 6.54 Å². The van der Waals surface area contributed by atoms with Crippen LogP contribution in [0.2, 0.25) is 0 Å². The van der Waals surface area contributed by atoms with Crippen molar-refractivity contribution in [2.24, 2.45) is 5.92 Å². The number of piperidine rings is 1. The molecule has 3 heteroatoms. The number of rotatable bonds is 7. The molecule has 1 aromatic carbocycles. The SMILES string of the molecule is CCNCC1CCN(CCOc2cc(C)ccc2C)CC1. The standard InChI is InChI=1S/C18H30N2O/c1-4-19-14-17-7-9-20(10-8-17)11-12-21-18-13-15(2)5-6-16(18)3/h5-6,13,17,19H,4,7-12,14H2,1-3H3. The monoisotopic (exact) mass is 290 g/mol. The van der Waals surface area contributed by atoms with Gasteiger partial charge in [-0.05, 0) is 76.0 Å². The molecule has 0 bridgehead atoms. The van der Waals surface area contributed by atoms with Crippen LogP contribution in [0.15, 0.2) is 18.2 Å². The number of hydrogen-bond acceptors (Lipinski definition) is 3. The fourth-order valence-corrected chi connectivity index (χ4v) is 2.91. The van der Waals surface area contributed by atoms with Crippen LogP contribution in [0.4, 0.5) is 0 Å². The van der Waals surface area contributed by atoms with Gasteiger partial charge in [0.15, 0.2) is 0 Å². The Morgan fingerprint density at radius 3 is 2.71 bits per heavy atom. The minimum atomic E-state index is 0.794. The summed E-state index contributed by atoms with van der Waals surface area (Å²) in [6.07, 6.45) is 2.63. The lowest BCUT2D eigenvalue weighted by Crippen LogP contribution is -2.39. The zero-order valence-electron chi connectivity index (χ0n) is 13.8. The summed E-state index contributed by atoms with van der Waals surface area (Å²) in [5, 5.41) is 3.47. The quantitative estimate of drug-likeness (QED) is 0.835. The molecule has 0 saturated carbocycles. The molecule has 0 amide bonds. The second kappa shape index (κ2) is 8.40. The molecule has 0 aliphatic carbocycles. The van der Waals surface area contributed by atoms with E-state index in [-0.39, 0.29) is 0 Å². The van der Waals surface area contributed by atoms with Gasteiger partial charge in [-0.1, -0.05) is 19.1 Å².